The highest BCUT2D eigenvalue weighted by Gasteiger charge is 2.11. The van der Waals surface area contributed by atoms with Crippen LogP contribution in [0.4, 0.5) is 0 Å². The zero-order valence-electron chi connectivity index (χ0n) is 7.94. The Bertz CT molecular complexity index is 81.6. The monoisotopic (exact) mass is 221 g/mol. The number of hydrogen-bond acceptors (Lipinski definition) is 1. The molecule has 0 atom stereocenters. The van der Waals surface area contributed by atoms with Crippen molar-refractivity contribution in [2.45, 2.75) is 39.7 Å². The summed E-state index contributed by atoms with van der Waals surface area (Å²) in [5.41, 5.74) is 0. The van der Waals surface area contributed by atoms with Gasteiger partial charge in [0.15, 0.2) is 0 Å². The van der Waals surface area contributed by atoms with Gasteiger partial charge in [-0.2, -0.15) is 0 Å². The fourth-order valence-electron chi connectivity index (χ4n) is 1.51. The molecule has 0 saturated heterocycles. The molecule has 0 bridgehead atoms. The van der Waals surface area contributed by atoms with Gasteiger partial charge in [-0.15, -0.1) is 0 Å². The smallest absolute Gasteiger partial charge is 0.0159 e. The fraction of sp³-hybridized carbons (Fsp3) is 1.00. The van der Waals surface area contributed by atoms with Gasteiger partial charge < -0.3 is 0 Å². The van der Waals surface area contributed by atoms with Crippen LogP contribution in [0.25, 0.3) is 0 Å². The highest BCUT2D eigenvalue weighted by molar-refractivity contribution is 9.09. The van der Waals surface area contributed by atoms with Gasteiger partial charge in [0.2, 0.25) is 0 Å². The lowest BCUT2D eigenvalue weighted by molar-refractivity contribution is 0.208. The third-order valence-corrected chi connectivity index (χ3v) is 2.59. The lowest BCUT2D eigenvalue weighted by atomic mass is 10.1. The summed E-state index contributed by atoms with van der Waals surface area (Å²) in [6, 6.07) is 0.789. The SMILES string of the molecule is CCC(CC)N(CC)CCBr. The van der Waals surface area contributed by atoms with E-state index in [9.17, 15) is 0 Å². The van der Waals surface area contributed by atoms with Gasteiger partial charge in [0.05, 0.1) is 0 Å². The lowest BCUT2D eigenvalue weighted by Crippen LogP contribution is -2.35. The van der Waals surface area contributed by atoms with Crippen LogP contribution in [0.2, 0.25) is 0 Å². The predicted octanol–water partition coefficient (Wildman–Crippen LogP) is 2.89. The number of hydrogen-bond donors (Lipinski definition) is 0. The Hall–Kier alpha value is 0.440. The molecular weight excluding hydrogens is 202 g/mol. The van der Waals surface area contributed by atoms with Crippen molar-refractivity contribution < 1.29 is 0 Å². The van der Waals surface area contributed by atoms with Gasteiger partial charge in [0, 0.05) is 17.9 Å². The van der Waals surface area contributed by atoms with E-state index in [1.54, 1.807) is 0 Å². The number of rotatable bonds is 6. The Morgan fingerprint density at radius 3 is 2.00 bits per heavy atom. The van der Waals surface area contributed by atoms with Gasteiger partial charge in [0.1, 0.15) is 0 Å². The second-order valence-electron chi connectivity index (χ2n) is 2.79. The van der Waals surface area contributed by atoms with E-state index < -0.39 is 0 Å². The normalized spacial score (nSPS) is 11.5. The number of nitrogens with zero attached hydrogens (tertiary/aromatic N) is 1. The molecule has 11 heavy (non-hydrogen) atoms. The van der Waals surface area contributed by atoms with Gasteiger partial charge in [-0.05, 0) is 19.4 Å². The summed E-state index contributed by atoms with van der Waals surface area (Å²) in [6.07, 6.45) is 2.55. The molecule has 0 aliphatic heterocycles. The zero-order valence-corrected chi connectivity index (χ0v) is 9.52. The molecule has 2 heteroatoms. The summed E-state index contributed by atoms with van der Waals surface area (Å²) < 4.78 is 0. The summed E-state index contributed by atoms with van der Waals surface area (Å²) in [7, 11) is 0. The van der Waals surface area contributed by atoms with Crippen molar-refractivity contribution in [2.75, 3.05) is 18.4 Å². The second kappa shape index (κ2) is 7.11. The lowest BCUT2D eigenvalue weighted by Gasteiger charge is -2.28. The van der Waals surface area contributed by atoms with Crippen LogP contribution in [0.3, 0.4) is 0 Å². The van der Waals surface area contributed by atoms with Crippen molar-refractivity contribution in [3.63, 3.8) is 0 Å². The van der Waals surface area contributed by atoms with Crippen molar-refractivity contribution in [3.8, 4) is 0 Å². The maximum atomic E-state index is 3.48. The molecule has 0 heterocycles. The highest BCUT2D eigenvalue weighted by atomic mass is 79.9. The highest BCUT2D eigenvalue weighted by Crippen LogP contribution is 2.07. The third-order valence-electron chi connectivity index (χ3n) is 2.24. The average molecular weight is 222 g/mol. The molecule has 0 amide bonds. The molecule has 0 rings (SSSR count). The molecule has 0 radical (unpaired) electrons. The summed E-state index contributed by atoms with van der Waals surface area (Å²) in [5, 5.41) is 1.09. The van der Waals surface area contributed by atoms with E-state index in [1.807, 2.05) is 0 Å². The minimum Gasteiger partial charge on any atom is -0.300 e. The van der Waals surface area contributed by atoms with E-state index in [2.05, 4.69) is 41.6 Å². The third kappa shape index (κ3) is 4.12. The predicted molar refractivity (Wildman–Crippen MR) is 55.4 cm³/mol. The van der Waals surface area contributed by atoms with E-state index in [0.717, 1.165) is 11.4 Å². The van der Waals surface area contributed by atoms with E-state index in [-0.39, 0.29) is 0 Å². The molecule has 0 unspecified atom stereocenters. The van der Waals surface area contributed by atoms with Crippen LogP contribution in [-0.4, -0.2) is 29.4 Å². The first kappa shape index (κ1) is 11.4. The molecule has 0 aromatic heterocycles. The molecule has 68 valence electrons. The first-order valence-electron chi connectivity index (χ1n) is 4.60. The van der Waals surface area contributed by atoms with Crippen LogP contribution in [0.15, 0.2) is 0 Å². The van der Waals surface area contributed by atoms with Gasteiger partial charge in [0.25, 0.3) is 0 Å². The van der Waals surface area contributed by atoms with Crippen LogP contribution < -0.4 is 0 Å². The van der Waals surface area contributed by atoms with Gasteiger partial charge in [-0.3, -0.25) is 4.90 Å². The Balaban J connectivity index is 3.76. The Morgan fingerprint density at radius 2 is 1.73 bits per heavy atom. The average Bonchev–Trinajstić information content (AvgIpc) is 2.05. The van der Waals surface area contributed by atoms with Crippen molar-refractivity contribution in [3.05, 3.63) is 0 Å². The summed E-state index contributed by atoms with van der Waals surface area (Å²) >= 11 is 3.48. The van der Waals surface area contributed by atoms with Gasteiger partial charge in [-0.1, -0.05) is 36.7 Å². The molecule has 0 aromatic rings. The molecule has 0 aliphatic carbocycles. The topological polar surface area (TPSA) is 3.24 Å². The minimum atomic E-state index is 0.789. The Labute approximate surface area is 79.3 Å². The summed E-state index contributed by atoms with van der Waals surface area (Å²) in [6.45, 7) is 9.14. The second-order valence-corrected chi connectivity index (χ2v) is 3.58. The first-order chi connectivity index (χ1) is 5.29. The van der Waals surface area contributed by atoms with E-state index in [0.29, 0.717) is 0 Å². The maximum absolute atomic E-state index is 3.48. The van der Waals surface area contributed by atoms with Crippen molar-refractivity contribution in [2.24, 2.45) is 0 Å². The van der Waals surface area contributed by atoms with Gasteiger partial charge >= 0.3 is 0 Å². The largest absolute Gasteiger partial charge is 0.300 e. The zero-order chi connectivity index (χ0) is 8.69. The Morgan fingerprint density at radius 1 is 1.18 bits per heavy atom. The molecule has 0 aliphatic rings. The van der Waals surface area contributed by atoms with Crippen molar-refractivity contribution in [1.82, 2.24) is 4.90 Å². The Kier molecular flexibility index (Phi) is 7.39. The van der Waals surface area contributed by atoms with E-state index in [4.69, 9.17) is 0 Å². The van der Waals surface area contributed by atoms with Crippen LogP contribution in [0.1, 0.15) is 33.6 Å². The minimum absolute atomic E-state index is 0.789. The van der Waals surface area contributed by atoms with Crippen molar-refractivity contribution >= 4 is 15.9 Å². The van der Waals surface area contributed by atoms with Crippen LogP contribution >= 0.6 is 15.9 Å². The maximum Gasteiger partial charge on any atom is 0.0159 e. The van der Waals surface area contributed by atoms with E-state index in [1.165, 1.54) is 25.9 Å². The molecule has 0 spiro atoms. The van der Waals surface area contributed by atoms with Crippen LogP contribution in [-0.2, 0) is 0 Å². The van der Waals surface area contributed by atoms with Crippen molar-refractivity contribution in [1.29, 1.82) is 0 Å². The number of halogens is 1. The summed E-state index contributed by atoms with van der Waals surface area (Å²) in [4.78, 5) is 2.54. The quantitative estimate of drug-likeness (QED) is 0.624. The molecule has 0 saturated carbocycles. The van der Waals surface area contributed by atoms with Gasteiger partial charge in [-0.25, -0.2) is 0 Å². The molecule has 1 nitrogen and oxygen atoms in total. The molecule has 0 fully saturated rings. The fourth-order valence-corrected chi connectivity index (χ4v) is 1.97. The van der Waals surface area contributed by atoms with Crippen LogP contribution in [0, 0.1) is 0 Å². The molecule has 0 N–H and O–H groups in total. The van der Waals surface area contributed by atoms with E-state index >= 15 is 0 Å². The van der Waals surface area contributed by atoms with Crippen LogP contribution in [0.5, 0.6) is 0 Å². The molecular formula is C9H20BrN. The molecule has 0 aromatic carbocycles. The standard InChI is InChI=1S/C9H20BrN/c1-4-9(5-2)11(6-3)8-7-10/h9H,4-8H2,1-3H3. The first-order valence-corrected chi connectivity index (χ1v) is 5.72. The number of alkyl halides is 1. The summed E-state index contributed by atoms with van der Waals surface area (Å²) in [5.74, 6) is 0.